The zero-order valence-corrected chi connectivity index (χ0v) is 14.9. The minimum atomic E-state index is -0.296. The van der Waals surface area contributed by atoms with Crippen LogP contribution < -0.4 is 5.32 Å². The number of anilines is 1. The Balaban J connectivity index is 1.40. The molecule has 0 radical (unpaired) electrons. The minimum absolute atomic E-state index is 0.296. The number of hydrogen-bond donors (Lipinski definition) is 1. The minimum Gasteiger partial charge on any atom is -0.454 e. The van der Waals surface area contributed by atoms with Crippen LogP contribution in [0.2, 0.25) is 0 Å². The maximum atomic E-state index is 12.5. The van der Waals surface area contributed by atoms with Crippen LogP contribution in [0.3, 0.4) is 0 Å². The van der Waals surface area contributed by atoms with Crippen molar-refractivity contribution in [2.24, 2.45) is 0 Å². The summed E-state index contributed by atoms with van der Waals surface area (Å²) in [6.07, 6.45) is 1.45. The lowest BCUT2D eigenvalue weighted by atomic mass is 10.2. The molecule has 5 rings (SSSR count). The van der Waals surface area contributed by atoms with Gasteiger partial charge in [-0.05, 0) is 25.1 Å². The summed E-state index contributed by atoms with van der Waals surface area (Å²) in [4.78, 5) is 21.1. The summed E-state index contributed by atoms with van der Waals surface area (Å²) >= 11 is 1.33. The summed E-state index contributed by atoms with van der Waals surface area (Å²) in [5.74, 6) is 0.367. The molecule has 7 nitrogen and oxygen atoms in total. The number of nitrogens with one attached hydrogen (secondary N) is 1. The molecule has 0 atom stereocenters. The van der Waals surface area contributed by atoms with Crippen LogP contribution in [0.15, 0.2) is 56.9 Å². The van der Waals surface area contributed by atoms with Gasteiger partial charge in [0.2, 0.25) is 0 Å². The number of carbonyl (C=O) groups excluding carboxylic acids is 1. The van der Waals surface area contributed by atoms with E-state index in [1.165, 1.54) is 17.5 Å². The highest BCUT2D eigenvalue weighted by atomic mass is 32.1. The lowest BCUT2D eigenvalue weighted by Gasteiger charge is -2.01. The predicted octanol–water partition coefficient (Wildman–Crippen LogP) is 4.65. The number of hydrogen-bond acceptors (Lipinski definition) is 7. The first-order valence-electron chi connectivity index (χ1n) is 8.15. The summed E-state index contributed by atoms with van der Waals surface area (Å²) in [6.45, 7) is 1.80. The van der Waals surface area contributed by atoms with Crippen LogP contribution in [-0.4, -0.2) is 21.0 Å². The molecule has 1 amide bonds. The number of pyridine rings is 1. The van der Waals surface area contributed by atoms with Crippen molar-refractivity contribution in [1.29, 1.82) is 0 Å². The van der Waals surface area contributed by atoms with Gasteiger partial charge >= 0.3 is 0 Å². The second-order valence-corrected chi connectivity index (χ2v) is 6.84. The second-order valence-electron chi connectivity index (χ2n) is 5.99. The van der Waals surface area contributed by atoms with Crippen molar-refractivity contribution in [2.75, 3.05) is 5.32 Å². The van der Waals surface area contributed by atoms with Gasteiger partial charge in [0.05, 0.1) is 16.6 Å². The lowest BCUT2D eigenvalue weighted by Crippen LogP contribution is -2.11. The highest BCUT2D eigenvalue weighted by molar-refractivity contribution is 7.14. The Bertz CT molecular complexity index is 1270. The number of thiazole rings is 1. The third kappa shape index (κ3) is 2.76. The predicted molar refractivity (Wildman–Crippen MR) is 102 cm³/mol. The monoisotopic (exact) mass is 376 g/mol. The van der Waals surface area contributed by atoms with Crippen molar-refractivity contribution in [2.45, 2.75) is 6.92 Å². The van der Waals surface area contributed by atoms with Crippen molar-refractivity contribution in [3.8, 4) is 11.5 Å². The Hall–Kier alpha value is -3.52. The van der Waals surface area contributed by atoms with Crippen LogP contribution >= 0.6 is 11.3 Å². The first-order valence-corrected chi connectivity index (χ1v) is 9.03. The number of aryl methyl sites for hydroxylation is 1. The molecule has 132 valence electrons. The Labute approximate surface area is 156 Å². The number of fused-ring (bicyclic) bond motifs is 2. The van der Waals surface area contributed by atoms with Gasteiger partial charge in [0.15, 0.2) is 10.9 Å². The van der Waals surface area contributed by atoms with E-state index in [-0.39, 0.29) is 5.91 Å². The Morgan fingerprint density at radius 3 is 3.00 bits per heavy atom. The molecular weight excluding hydrogens is 364 g/mol. The molecule has 0 saturated carbocycles. The molecule has 0 fully saturated rings. The molecule has 0 aliphatic rings. The first-order chi connectivity index (χ1) is 13.2. The zero-order chi connectivity index (χ0) is 18.4. The van der Waals surface area contributed by atoms with Crippen LogP contribution in [0.5, 0.6) is 0 Å². The summed E-state index contributed by atoms with van der Waals surface area (Å²) in [5, 5.41) is 10.7. The molecule has 0 aliphatic carbocycles. The second kappa shape index (κ2) is 6.03. The quantitative estimate of drug-likeness (QED) is 0.492. The number of carbonyl (C=O) groups is 1. The number of amides is 1. The molecule has 4 aromatic heterocycles. The van der Waals surface area contributed by atoms with E-state index in [1.54, 1.807) is 13.0 Å². The summed E-state index contributed by atoms with van der Waals surface area (Å²) in [6, 6.07) is 11.4. The highest BCUT2D eigenvalue weighted by Gasteiger charge is 2.15. The number of para-hydroxylation sites is 1. The summed E-state index contributed by atoms with van der Waals surface area (Å²) < 4.78 is 10.9. The lowest BCUT2D eigenvalue weighted by molar-refractivity contribution is 0.102. The standard InChI is InChI=1S/C19H12N4O3S/c1-10-13-6-12(8-20-18(13)26-23-10)17(24)22-19-21-14(9-27-19)16-7-11-4-2-3-5-15(11)25-16/h2-9H,1H3,(H,21,22,24). The van der Waals surface area contributed by atoms with Gasteiger partial charge in [0.1, 0.15) is 11.3 Å². The summed E-state index contributed by atoms with van der Waals surface area (Å²) in [5.41, 5.74) is 2.98. The van der Waals surface area contributed by atoms with E-state index in [0.717, 1.165) is 11.0 Å². The number of aromatic nitrogens is 3. The fraction of sp³-hybridized carbons (Fsp3) is 0.0526. The van der Waals surface area contributed by atoms with E-state index in [1.807, 2.05) is 35.7 Å². The fourth-order valence-corrected chi connectivity index (χ4v) is 3.49. The first kappa shape index (κ1) is 15.7. The fourth-order valence-electron chi connectivity index (χ4n) is 2.79. The molecule has 5 aromatic rings. The van der Waals surface area contributed by atoms with Gasteiger partial charge in [-0.1, -0.05) is 23.4 Å². The van der Waals surface area contributed by atoms with Gasteiger partial charge in [-0.3, -0.25) is 10.1 Å². The topological polar surface area (TPSA) is 94.0 Å². The van der Waals surface area contributed by atoms with E-state index < -0.39 is 0 Å². The van der Waals surface area contributed by atoms with Crippen LogP contribution in [0.1, 0.15) is 16.1 Å². The number of nitrogens with zero attached hydrogens (tertiary/aromatic N) is 3. The molecule has 1 N–H and O–H groups in total. The normalized spacial score (nSPS) is 11.3. The van der Waals surface area contributed by atoms with Crippen molar-refractivity contribution < 1.29 is 13.7 Å². The van der Waals surface area contributed by atoms with Crippen LogP contribution in [0.4, 0.5) is 5.13 Å². The molecule has 0 unspecified atom stereocenters. The number of rotatable bonds is 3. The SMILES string of the molecule is Cc1noc2ncc(C(=O)Nc3nc(-c4cc5ccccc5o4)cs3)cc12. The van der Waals surface area contributed by atoms with Gasteiger partial charge in [0, 0.05) is 17.0 Å². The molecule has 27 heavy (non-hydrogen) atoms. The average Bonchev–Trinajstić information content (AvgIpc) is 3.40. The molecular formula is C19H12N4O3S. The van der Waals surface area contributed by atoms with Gasteiger partial charge in [-0.15, -0.1) is 11.3 Å². The Morgan fingerprint density at radius 2 is 2.11 bits per heavy atom. The maximum Gasteiger partial charge on any atom is 0.259 e. The van der Waals surface area contributed by atoms with Gasteiger partial charge in [0.25, 0.3) is 11.6 Å². The van der Waals surface area contributed by atoms with Crippen molar-refractivity contribution in [3.05, 3.63) is 59.2 Å². The van der Waals surface area contributed by atoms with Crippen LogP contribution in [0, 0.1) is 6.92 Å². The third-order valence-electron chi connectivity index (χ3n) is 4.17. The smallest absolute Gasteiger partial charge is 0.259 e. The van der Waals surface area contributed by atoms with E-state index in [4.69, 9.17) is 8.94 Å². The average molecular weight is 376 g/mol. The van der Waals surface area contributed by atoms with Crippen molar-refractivity contribution in [1.82, 2.24) is 15.1 Å². The molecule has 0 spiro atoms. The van der Waals surface area contributed by atoms with E-state index >= 15 is 0 Å². The van der Waals surface area contributed by atoms with Crippen molar-refractivity contribution in [3.63, 3.8) is 0 Å². The van der Waals surface area contributed by atoms with Crippen molar-refractivity contribution >= 4 is 44.4 Å². The Morgan fingerprint density at radius 1 is 1.22 bits per heavy atom. The molecule has 1 aromatic carbocycles. The number of furan rings is 1. The van der Waals surface area contributed by atoms with Gasteiger partial charge < -0.3 is 8.94 Å². The van der Waals surface area contributed by atoms with E-state index in [0.29, 0.717) is 38.9 Å². The van der Waals surface area contributed by atoms with Gasteiger partial charge in [-0.2, -0.15) is 0 Å². The van der Waals surface area contributed by atoms with Crippen LogP contribution in [-0.2, 0) is 0 Å². The maximum absolute atomic E-state index is 12.5. The largest absolute Gasteiger partial charge is 0.454 e. The summed E-state index contributed by atoms with van der Waals surface area (Å²) in [7, 11) is 0. The number of benzene rings is 1. The van der Waals surface area contributed by atoms with Crippen LogP contribution in [0.25, 0.3) is 33.5 Å². The van der Waals surface area contributed by atoms with Gasteiger partial charge in [-0.25, -0.2) is 9.97 Å². The third-order valence-corrected chi connectivity index (χ3v) is 4.93. The van der Waals surface area contributed by atoms with E-state index in [2.05, 4.69) is 20.4 Å². The van der Waals surface area contributed by atoms with E-state index in [9.17, 15) is 4.79 Å². The highest BCUT2D eigenvalue weighted by Crippen LogP contribution is 2.30. The molecule has 8 heteroatoms. The zero-order valence-electron chi connectivity index (χ0n) is 14.1. The molecule has 0 bridgehead atoms. The molecule has 4 heterocycles. The molecule has 0 saturated heterocycles. The Kier molecular flexibility index (Phi) is 3.51. The molecule has 0 aliphatic heterocycles.